The Morgan fingerprint density at radius 1 is 1.11 bits per heavy atom. The standard InChI is InChI=1S/C26H29N9O2S/c1-34(2)24-30-15-19(16-31-24)22-18(4-3-8-28-22)14-27-13-17-6-10-35(11-7-17)25-29-9-5-20(32-25)12-21-23(36)33-26(37)38-21/h3-5,8-9,12,15-17,27H,6-7,10-11,13-14H2,1-2H3,(H,33,36,37)/b21-12-. The predicted octanol–water partition coefficient (Wildman–Crippen LogP) is 2.72. The van der Waals surface area contributed by atoms with Gasteiger partial charge < -0.3 is 15.1 Å². The smallest absolute Gasteiger partial charge is 0.290 e. The lowest BCUT2D eigenvalue weighted by atomic mass is 9.97. The van der Waals surface area contributed by atoms with E-state index in [9.17, 15) is 9.59 Å². The van der Waals surface area contributed by atoms with Crippen LogP contribution in [0, 0.1) is 5.92 Å². The van der Waals surface area contributed by atoms with Crippen molar-refractivity contribution >= 4 is 40.9 Å². The fraction of sp³-hybridized carbons (Fsp3) is 0.346. The SMILES string of the molecule is CN(C)c1ncc(-c2ncccc2CNCC2CCN(c3nccc(/C=C4\SC(=O)NC4=O)n3)CC2)cn1. The van der Waals surface area contributed by atoms with Gasteiger partial charge in [-0.25, -0.2) is 19.9 Å². The summed E-state index contributed by atoms with van der Waals surface area (Å²) in [6.07, 6.45) is 10.8. The molecule has 0 unspecified atom stereocenters. The number of thioether (sulfide) groups is 1. The molecular formula is C26H29N9O2S. The van der Waals surface area contributed by atoms with Crippen LogP contribution in [0.15, 0.2) is 47.9 Å². The zero-order valence-corrected chi connectivity index (χ0v) is 22.1. The molecule has 2 N–H and O–H groups in total. The Morgan fingerprint density at radius 3 is 2.61 bits per heavy atom. The molecule has 0 bridgehead atoms. The maximum atomic E-state index is 11.8. The van der Waals surface area contributed by atoms with Crippen LogP contribution in [0.3, 0.4) is 0 Å². The molecular weight excluding hydrogens is 502 g/mol. The van der Waals surface area contributed by atoms with Gasteiger partial charge in [0.1, 0.15) is 0 Å². The number of carbonyl (C=O) groups excluding carboxylic acids is 2. The molecule has 0 aliphatic carbocycles. The van der Waals surface area contributed by atoms with E-state index in [0.717, 1.165) is 61.1 Å². The number of carbonyl (C=O) groups is 2. The Balaban J connectivity index is 1.13. The van der Waals surface area contributed by atoms with Crippen molar-refractivity contribution in [2.75, 3.05) is 43.5 Å². The van der Waals surface area contributed by atoms with Crippen molar-refractivity contribution in [3.8, 4) is 11.3 Å². The van der Waals surface area contributed by atoms with Gasteiger partial charge in [-0.15, -0.1) is 0 Å². The molecule has 0 aromatic carbocycles. The Kier molecular flexibility index (Phi) is 7.89. The van der Waals surface area contributed by atoms with Gasteiger partial charge in [-0.05, 0) is 60.8 Å². The highest BCUT2D eigenvalue weighted by Crippen LogP contribution is 2.26. The summed E-state index contributed by atoms with van der Waals surface area (Å²) in [7, 11) is 3.83. The summed E-state index contributed by atoms with van der Waals surface area (Å²) in [6.45, 7) is 3.33. The first-order valence-electron chi connectivity index (χ1n) is 12.4. The number of nitrogens with zero attached hydrogens (tertiary/aromatic N) is 7. The zero-order chi connectivity index (χ0) is 26.5. The fourth-order valence-corrected chi connectivity index (χ4v) is 5.08. The maximum Gasteiger partial charge on any atom is 0.290 e. The van der Waals surface area contributed by atoms with Crippen LogP contribution >= 0.6 is 11.8 Å². The predicted molar refractivity (Wildman–Crippen MR) is 147 cm³/mol. The lowest BCUT2D eigenvalue weighted by molar-refractivity contribution is -0.115. The largest absolute Gasteiger partial charge is 0.347 e. The van der Waals surface area contributed by atoms with Gasteiger partial charge in [-0.3, -0.25) is 19.9 Å². The first kappa shape index (κ1) is 25.7. The molecule has 0 atom stereocenters. The molecule has 2 amide bonds. The van der Waals surface area contributed by atoms with Gasteiger partial charge in [0.05, 0.1) is 16.3 Å². The molecule has 3 aromatic heterocycles. The van der Waals surface area contributed by atoms with Crippen LogP contribution in [0.1, 0.15) is 24.1 Å². The Labute approximate surface area is 225 Å². The van der Waals surface area contributed by atoms with E-state index in [1.807, 2.05) is 37.5 Å². The number of hydrogen-bond acceptors (Lipinski definition) is 11. The van der Waals surface area contributed by atoms with Crippen LogP contribution in [0.2, 0.25) is 0 Å². The quantitative estimate of drug-likeness (QED) is 0.416. The summed E-state index contributed by atoms with van der Waals surface area (Å²) in [5.41, 5.74) is 3.52. The molecule has 2 aliphatic rings. The van der Waals surface area contributed by atoms with Crippen LogP contribution in [-0.2, 0) is 11.3 Å². The van der Waals surface area contributed by atoms with Crippen molar-refractivity contribution < 1.29 is 9.59 Å². The number of rotatable bonds is 8. The summed E-state index contributed by atoms with van der Waals surface area (Å²) in [5, 5.41) is 5.51. The van der Waals surface area contributed by atoms with Crippen molar-refractivity contribution in [2.24, 2.45) is 5.92 Å². The Morgan fingerprint density at radius 2 is 1.89 bits per heavy atom. The molecule has 0 spiro atoms. The highest BCUT2D eigenvalue weighted by molar-refractivity contribution is 8.18. The number of piperidine rings is 1. The van der Waals surface area contributed by atoms with Crippen LogP contribution < -0.4 is 20.4 Å². The van der Waals surface area contributed by atoms with Gasteiger partial charge in [-0.1, -0.05) is 6.07 Å². The lowest BCUT2D eigenvalue weighted by Gasteiger charge is -2.32. The zero-order valence-electron chi connectivity index (χ0n) is 21.3. The minimum absolute atomic E-state index is 0.347. The number of amides is 2. The minimum atomic E-state index is -0.387. The van der Waals surface area contributed by atoms with Gasteiger partial charge in [0.15, 0.2) is 0 Å². The summed E-state index contributed by atoms with van der Waals surface area (Å²) >= 11 is 0.886. The van der Waals surface area contributed by atoms with E-state index < -0.39 is 0 Å². The number of nitrogens with one attached hydrogen (secondary N) is 2. The van der Waals surface area contributed by atoms with Crippen molar-refractivity contribution in [1.29, 1.82) is 0 Å². The molecule has 196 valence electrons. The third-order valence-corrected chi connectivity index (χ3v) is 7.24. The highest BCUT2D eigenvalue weighted by atomic mass is 32.2. The third kappa shape index (κ3) is 6.14. The van der Waals surface area contributed by atoms with Gasteiger partial charge in [-0.2, -0.15) is 0 Å². The van der Waals surface area contributed by atoms with E-state index in [4.69, 9.17) is 0 Å². The first-order chi connectivity index (χ1) is 18.5. The van der Waals surface area contributed by atoms with Crippen LogP contribution in [0.5, 0.6) is 0 Å². The van der Waals surface area contributed by atoms with Crippen LogP contribution in [-0.4, -0.2) is 69.8 Å². The van der Waals surface area contributed by atoms with Crippen molar-refractivity contribution in [3.05, 3.63) is 59.1 Å². The van der Waals surface area contributed by atoms with Gasteiger partial charge >= 0.3 is 0 Å². The molecule has 2 aliphatic heterocycles. The van der Waals surface area contributed by atoms with Crippen molar-refractivity contribution in [3.63, 3.8) is 0 Å². The van der Waals surface area contributed by atoms with E-state index >= 15 is 0 Å². The summed E-state index contributed by atoms with van der Waals surface area (Å²) in [5.74, 6) is 1.47. The molecule has 5 rings (SSSR count). The molecule has 12 heteroatoms. The minimum Gasteiger partial charge on any atom is -0.347 e. The highest BCUT2D eigenvalue weighted by Gasteiger charge is 2.26. The number of imide groups is 1. The van der Waals surface area contributed by atoms with E-state index in [0.29, 0.717) is 35.0 Å². The van der Waals surface area contributed by atoms with E-state index in [1.165, 1.54) is 0 Å². The topological polar surface area (TPSA) is 129 Å². The molecule has 38 heavy (non-hydrogen) atoms. The molecule has 2 saturated heterocycles. The summed E-state index contributed by atoms with van der Waals surface area (Å²) < 4.78 is 0. The van der Waals surface area contributed by atoms with Crippen LogP contribution in [0.4, 0.5) is 16.7 Å². The maximum absolute atomic E-state index is 11.8. The van der Waals surface area contributed by atoms with Crippen LogP contribution in [0.25, 0.3) is 17.3 Å². The second kappa shape index (κ2) is 11.7. The van der Waals surface area contributed by atoms with Gasteiger partial charge in [0.25, 0.3) is 11.1 Å². The normalized spacial score (nSPS) is 17.2. The second-order valence-corrected chi connectivity index (χ2v) is 10.4. The monoisotopic (exact) mass is 531 g/mol. The van der Waals surface area contributed by atoms with E-state index in [2.05, 4.69) is 46.5 Å². The van der Waals surface area contributed by atoms with Gasteiger partial charge in [0.2, 0.25) is 11.9 Å². The van der Waals surface area contributed by atoms with Crippen molar-refractivity contribution in [1.82, 2.24) is 35.6 Å². The molecule has 0 radical (unpaired) electrons. The summed E-state index contributed by atoms with van der Waals surface area (Å²) in [4.78, 5) is 50.1. The molecule has 5 heterocycles. The van der Waals surface area contributed by atoms with Gasteiger partial charge in [0, 0.05) is 64.1 Å². The molecule has 3 aromatic rings. The van der Waals surface area contributed by atoms with E-state index in [-0.39, 0.29) is 11.1 Å². The third-order valence-electron chi connectivity index (χ3n) is 6.43. The van der Waals surface area contributed by atoms with E-state index in [1.54, 1.807) is 24.5 Å². The fourth-order valence-electron chi connectivity index (χ4n) is 4.41. The molecule has 11 nitrogen and oxygen atoms in total. The summed E-state index contributed by atoms with van der Waals surface area (Å²) in [6, 6.07) is 5.77. The molecule has 2 fully saturated rings. The Hall–Kier alpha value is -3.90. The number of pyridine rings is 1. The number of hydrogen-bond donors (Lipinski definition) is 2. The average Bonchev–Trinajstić information content (AvgIpc) is 3.25. The first-order valence-corrected chi connectivity index (χ1v) is 13.2. The van der Waals surface area contributed by atoms with Crippen molar-refractivity contribution in [2.45, 2.75) is 19.4 Å². The molecule has 0 saturated carbocycles. The Bertz CT molecular complexity index is 1340. The number of aromatic nitrogens is 5. The lowest BCUT2D eigenvalue weighted by Crippen LogP contribution is -2.38. The second-order valence-electron chi connectivity index (χ2n) is 9.37. The average molecular weight is 532 g/mol. The number of anilines is 2.